The molecule has 2 rings (SSSR count). The van der Waals surface area contributed by atoms with Crippen LogP contribution in [0.4, 0.5) is 0 Å². The Morgan fingerprint density at radius 3 is 2.45 bits per heavy atom. The Bertz CT molecular complexity index is 626. The Morgan fingerprint density at radius 1 is 0.909 bits per heavy atom. The summed E-state index contributed by atoms with van der Waals surface area (Å²) in [4.78, 5) is 24.3. The summed E-state index contributed by atoms with van der Waals surface area (Å²) in [6.07, 6.45) is 10.9. The molecule has 0 fully saturated rings. The molecule has 0 saturated heterocycles. The highest BCUT2D eigenvalue weighted by Crippen LogP contribution is 2.29. The van der Waals surface area contributed by atoms with Crippen LogP contribution >= 0.6 is 0 Å². The third-order valence-electron chi connectivity index (χ3n) is 3.57. The van der Waals surface area contributed by atoms with Crippen LogP contribution in [0.2, 0.25) is 0 Å². The molecule has 0 bridgehead atoms. The highest BCUT2D eigenvalue weighted by molar-refractivity contribution is 6.02. The van der Waals surface area contributed by atoms with E-state index in [1.807, 2.05) is 12.2 Å². The Morgan fingerprint density at radius 2 is 1.64 bits per heavy atom. The molecule has 1 aromatic carbocycles. The fraction of sp³-hybridized carbons (Fsp3) is 0.333. The van der Waals surface area contributed by atoms with Crippen LogP contribution in [0, 0.1) is 0 Å². The number of carbonyl (C=O) groups excluding carboxylic acids is 2. The van der Waals surface area contributed by atoms with E-state index < -0.39 is 0 Å². The lowest BCUT2D eigenvalue weighted by molar-refractivity contribution is -0.114. The molecule has 22 heavy (non-hydrogen) atoms. The number of aromatic hydroxyl groups is 2. The van der Waals surface area contributed by atoms with Crippen molar-refractivity contribution >= 4 is 11.6 Å². The number of benzene rings is 1. The van der Waals surface area contributed by atoms with Crippen molar-refractivity contribution < 1.29 is 19.8 Å². The molecular weight excluding hydrogens is 280 g/mol. The second-order valence-electron chi connectivity index (χ2n) is 5.41. The SMILES string of the molecule is O=C1/C=C/CC/C=C/CCCC(=O)c2c(O)cc(O)cc2C1. The maximum absolute atomic E-state index is 12.3. The molecule has 4 heteroatoms. The first-order chi connectivity index (χ1) is 10.6. The van der Waals surface area contributed by atoms with Gasteiger partial charge in [0.25, 0.3) is 0 Å². The van der Waals surface area contributed by atoms with Crippen molar-refractivity contribution in [3.8, 4) is 11.5 Å². The number of ketones is 2. The standard InChI is InChI=1S/C18H20O4/c19-14-8-6-4-2-1-3-5-7-9-16(21)18-13(10-14)11-15(20)12-17(18)22/h1,3,6,8,11-12,20,22H,2,4-5,7,9-10H2/b3-1+,8-6+. The molecule has 0 spiro atoms. The van der Waals surface area contributed by atoms with Crippen LogP contribution in [0.15, 0.2) is 36.4 Å². The Labute approximate surface area is 129 Å². The number of phenols is 2. The fourth-order valence-corrected chi connectivity index (χ4v) is 2.53. The summed E-state index contributed by atoms with van der Waals surface area (Å²) in [5, 5.41) is 19.6. The first kappa shape index (κ1) is 16.0. The van der Waals surface area contributed by atoms with Gasteiger partial charge < -0.3 is 10.2 Å². The van der Waals surface area contributed by atoms with Gasteiger partial charge in [0.05, 0.1) is 5.56 Å². The molecule has 0 radical (unpaired) electrons. The smallest absolute Gasteiger partial charge is 0.166 e. The number of Topliss-reactive ketones (excluding diaryl/α,β-unsaturated/α-hetero) is 1. The van der Waals surface area contributed by atoms with Crippen molar-refractivity contribution in [1.82, 2.24) is 0 Å². The lowest BCUT2D eigenvalue weighted by Crippen LogP contribution is -2.08. The quantitative estimate of drug-likeness (QED) is 0.719. The van der Waals surface area contributed by atoms with E-state index >= 15 is 0 Å². The Balaban J connectivity index is 2.36. The second-order valence-corrected chi connectivity index (χ2v) is 5.41. The number of hydrogen-bond acceptors (Lipinski definition) is 4. The third-order valence-corrected chi connectivity index (χ3v) is 3.57. The van der Waals surface area contributed by atoms with Crippen LogP contribution in [0.25, 0.3) is 0 Å². The largest absolute Gasteiger partial charge is 0.508 e. The number of carbonyl (C=O) groups is 2. The summed E-state index contributed by atoms with van der Waals surface area (Å²) in [7, 11) is 0. The summed E-state index contributed by atoms with van der Waals surface area (Å²) in [6, 6.07) is 2.52. The molecule has 1 aliphatic rings. The molecule has 0 aliphatic heterocycles. The van der Waals surface area contributed by atoms with Gasteiger partial charge in [0, 0.05) is 18.9 Å². The van der Waals surface area contributed by atoms with Crippen molar-refractivity contribution in [1.29, 1.82) is 0 Å². The van der Waals surface area contributed by atoms with Gasteiger partial charge in [-0.25, -0.2) is 0 Å². The Hall–Kier alpha value is -2.36. The number of phenolic OH excluding ortho intramolecular Hbond substituents is 2. The maximum atomic E-state index is 12.3. The fourth-order valence-electron chi connectivity index (χ4n) is 2.53. The van der Waals surface area contributed by atoms with E-state index in [9.17, 15) is 19.8 Å². The molecule has 4 nitrogen and oxygen atoms in total. The molecule has 1 aromatic rings. The molecule has 0 atom stereocenters. The average Bonchev–Trinajstić information content (AvgIpc) is 2.44. The van der Waals surface area contributed by atoms with Crippen LogP contribution in [-0.4, -0.2) is 21.8 Å². The minimum atomic E-state index is -0.264. The summed E-state index contributed by atoms with van der Waals surface area (Å²) < 4.78 is 0. The van der Waals surface area contributed by atoms with E-state index in [1.165, 1.54) is 12.1 Å². The predicted molar refractivity (Wildman–Crippen MR) is 84.2 cm³/mol. The minimum absolute atomic E-state index is 0.00459. The van der Waals surface area contributed by atoms with Crippen LogP contribution in [-0.2, 0) is 11.2 Å². The molecule has 116 valence electrons. The highest BCUT2D eigenvalue weighted by atomic mass is 16.3. The molecule has 2 N–H and O–H groups in total. The van der Waals surface area contributed by atoms with E-state index in [-0.39, 0.29) is 35.0 Å². The number of fused-ring (bicyclic) bond motifs is 1. The lowest BCUT2D eigenvalue weighted by atomic mass is 9.95. The lowest BCUT2D eigenvalue weighted by Gasteiger charge is -2.11. The average molecular weight is 300 g/mol. The van der Waals surface area contributed by atoms with E-state index in [4.69, 9.17) is 0 Å². The van der Waals surface area contributed by atoms with E-state index in [1.54, 1.807) is 0 Å². The predicted octanol–water partition coefficient (Wildman–Crippen LogP) is 3.47. The van der Waals surface area contributed by atoms with Crippen molar-refractivity contribution in [2.45, 2.75) is 38.5 Å². The Kier molecular flexibility index (Phi) is 5.53. The summed E-state index contributed by atoms with van der Waals surface area (Å²) in [5.41, 5.74) is 0.533. The number of allylic oxidation sites excluding steroid dienone is 4. The van der Waals surface area contributed by atoms with Crippen molar-refractivity contribution in [3.05, 3.63) is 47.6 Å². The zero-order valence-electron chi connectivity index (χ0n) is 12.4. The zero-order valence-corrected chi connectivity index (χ0v) is 12.4. The molecule has 0 saturated carbocycles. The van der Waals surface area contributed by atoms with Gasteiger partial charge in [-0.1, -0.05) is 18.2 Å². The summed E-state index contributed by atoms with van der Waals surface area (Å²) in [5.74, 6) is -0.765. The summed E-state index contributed by atoms with van der Waals surface area (Å²) in [6.45, 7) is 0. The first-order valence-corrected chi connectivity index (χ1v) is 7.50. The molecular formula is C18H20O4. The molecule has 0 amide bonds. The normalized spacial score (nSPS) is 20.0. The van der Waals surface area contributed by atoms with Gasteiger partial charge in [0.2, 0.25) is 0 Å². The van der Waals surface area contributed by atoms with Crippen molar-refractivity contribution in [2.75, 3.05) is 0 Å². The number of hydrogen-bond donors (Lipinski definition) is 2. The van der Waals surface area contributed by atoms with Gasteiger partial charge in [0.15, 0.2) is 11.6 Å². The zero-order chi connectivity index (χ0) is 15.9. The van der Waals surface area contributed by atoms with Crippen LogP contribution in [0.5, 0.6) is 11.5 Å². The summed E-state index contributed by atoms with van der Waals surface area (Å²) >= 11 is 0. The van der Waals surface area contributed by atoms with Gasteiger partial charge in [-0.2, -0.15) is 0 Å². The monoisotopic (exact) mass is 300 g/mol. The van der Waals surface area contributed by atoms with Gasteiger partial charge in [-0.3, -0.25) is 9.59 Å². The van der Waals surface area contributed by atoms with Crippen molar-refractivity contribution in [3.63, 3.8) is 0 Å². The maximum Gasteiger partial charge on any atom is 0.166 e. The molecule has 1 aliphatic carbocycles. The molecule has 0 unspecified atom stereocenters. The van der Waals surface area contributed by atoms with E-state index in [2.05, 4.69) is 6.08 Å². The third kappa shape index (κ3) is 4.32. The van der Waals surface area contributed by atoms with E-state index in [0.29, 0.717) is 18.4 Å². The van der Waals surface area contributed by atoms with Crippen LogP contribution in [0.1, 0.15) is 48.0 Å². The van der Waals surface area contributed by atoms with Crippen molar-refractivity contribution in [2.24, 2.45) is 0 Å². The van der Waals surface area contributed by atoms with Gasteiger partial charge in [0.1, 0.15) is 11.5 Å². The van der Waals surface area contributed by atoms with Gasteiger partial charge >= 0.3 is 0 Å². The van der Waals surface area contributed by atoms with Crippen LogP contribution < -0.4 is 0 Å². The highest BCUT2D eigenvalue weighted by Gasteiger charge is 2.18. The number of rotatable bonds is 0. The van der Waals surface area contributed by atoms with Crippen LogP contribution in [0.3, 0.4) is 0 Å². The second kappa shape index (κ2) is 7.59. The van der Waals surface area contributed by atoms with Gasteiger partial charge in [-0.15, -0.1) is 0 Å². The van der Waals surface area contributed by atoms with E-state index in [0.717, 1.165) is 25.3 Å². The molecule has 0 aromatic heterocycles. The molecule has 0 heterocycles. The minimum Gasteiger partial charge on any atom is -0.508 e. The topological polar surface area (TPSA) is 74.6 Å². The first-order valence-electron chi connectivity index (χ1n) is 7.50. The van der Waals surface area contributed by atoms with Gasteiger partial charge in [-0.05, 0) is 43.4 Å².